The molecule has 22 heavy (non-hydrogen) atoms. The van der Waals surface area contributed by atoms with Crippen LogP contribution in [0.25, 0.3) is 0 Å². The highest BCUT2D eigenvalue weighted by Crippen LogP contribution is 2.09. The molecule has 0 saturated carbocycles. The molecule has 0 aliphatic rings. The Hall–Kier alpha value is -2.05. The van der Waals surface area contributed by atoms with E-state index in [0.29, 0.717) is 24.6 Å². The van der Waals surface area contributed by atoms with Crippen molar-refractivity contribution in [3.05, 3.63) is 17.3 Å². The van der Waals surface area contributed by atoms with Crippen molar-refractivity contribution in [1.29, 1.82) is 0 Å². The predicted molar refractivity (Wildman–Crippen MR) is 81.8 cm³/mol. The van der Waals surface area contributed by atoms with Crippen LogP contribution in [0.4, 0.5) is 4.79 Å². The molecule has 1 aromatic heterocycles. The number of rotatable bonds is 5. The molecule has 0 unspecified atom stereocenters. The largest absolute Gasteiger partial charge is 0.445 e. The van der Waals surface area contributed by atoms with Gasteiger partial charge >= 0.3 is 6.09 Å². The molecule has 0 aliphatic heterocycles. The second-order valence-corrected chi connectivity index (χ2v) is 6.10. The van der Waals surface area contributed by atoms with Crippen LogP contribution in [-0.2, 0) is 4.74 Å². The fraction of sp³-hybridized carbons (Fsp3) is 0.667. The third-order valence-corrected chi connectivity index (χ3v) is 2.84. The minimum absolute atomic E-state index is 0.216. The first-order valence-corrected chi connectivity index (χ1v) is 7.34. The molecule has 1 atom stereocenters. The molecule has 124 valence electrons. The van der Waals surface area contributed by atoms with E-state index < -0.39 is 11.7 Å². The summed E-state index contributed by atoms with van der Waals surface area (Å²) in [5.74, 6) is 0.600. The quantitative estimate of drug-likeness (QED) is 0.870. The van der Waals surface area contributed by atoms with Crippen LogP contribution in [-0.4, -0.2) is 35.2 Å². The predicted octanol–water partition coefficient (Wildman–Crippen LogP) is 2.32. The van der Waals surface area contributed by atoms with Crippen molar-refractivity contribution in [3.63, 3.8) is 0 Å². The van der Waals surface area contributed by atoms with Gasteiger partial charge in [-0.3, -0.25) is 4.79 Å². The zero-order valence-corrected chi connectivity index (χ0v) is 14.1. The van der Waals surface area contributed by atoms with Crippen LogP contribution in [0.15, 0.2) is 4.42 Å². The van der Waals surface area contributed by atoms with E-state index in [-0.39, 0.29) is 17.6 Å². The third kappa shape index (κ3) is 5.75. The minimum atomic E-state index is -0.555. The lowest BCUT2D eigenvalue weighted by Gasteiger charge is -2.23. The summed E-state index contributed by atoms with van der Waals surface area (Å²) < 4.78 is 10.4. The topological polar surface area (TPSA) is 93.5 Å². The lowest BCUT2D eigenvalue weighted by Crippen LogP contribution is -2.45. The van der Waals surface area contributed by atoms with Crippen molar-refractivity contribution in [2.75, 3.05) is 6.54 Å². The number of hydrogen-bond donors (Lipinski definition) is 2. The van der Waals surface area contributed by atoms with E-state index in [2.05, 4.69) is 15.6 Å². The van der Waals surface area contributed by atoms with Crippen LogP contribution < -0.4 is 10.6 Å². The van der Waals surface area contributed by atoms with Gasteiger partial charge in [0.05, 0.1) is 0 Å². The summed E-state index contributed by atoms with van der Waals surface area (Å²) in [6, 6.07) is -0.216. The molecule has 2 N–H and O–H groups in total. The Bertz CT molecular complexity index is 531. The molecule has 1 aromatic rings. The molecule has 0 bridgehead atoms. The van der Waals surface area contributed by atoms with Gasteiger partial charge in [0.2, 0.25) is 0 Å². The molecular formula is C15H25N3O4. The third-order valence-electron chi connectivity index (χ3n) is 2.84. The number of aryl methyl sites for hydroxylation is 2. The van der Waals surface area contributed by atoms with Crippen LogP contribution in [0.5, 0.6) is 0 Å². The average Bonchev–Trinajstić information content (AvgIpc) is 2.71. The Labute approximate surface area is 130 Å². The zero-order chi connectivity index (χ0) is 16.9. The molecule has 1 heterocycles. The summed E-state index contributed by atoms with van der Waals surface area (Å²) in [5.41, 5.74) is -0.286. The Kier molecular flexibility index (Phi) is 5.96. The van der Waals surface area contributed by atoms with E-state index in [1.807, 2.05) is 6.92 Å². The highest BCUT2D eigenvalue weighted by Gasteiger charge is 2.20. The Morgan fingerprint density at radius 3 is 2.41 bits per heavy atom. The second-order valence-electron chi connectivity index (χ2n) is 6.10. The van der Waals surface area contributed by atoms with Gasteiger partial charge in [-0.1, -0.05) is 6.92 Å². The standard InChI is InChI=1S/C15H25N3O4/c1-7-11(18-14(20)22-15(4,5)6)8-16-13(19)12-9(2)21-10(3)17-12/h11H,7-8H2,1-6H3,(H,16,19)(H,18,20)/t11-/m0/s1. The van der Waals surface area contributed by atoms with Crippen LogP contribution in [0.3, 0.4) is 0 Å². The van der Waals surface area contributed by atoms with Crippen molar-refractivity contribution in [3.8, 4) is 0 Å². The smallest absolute Gasteiger partial charge is 0.407 e. The number of ether oxygens (including phenoxy) is 1. The fourth-order valence-electron chi connectivity index (χ4n) is 1.81. The SMILES string of the molecule is CC[C@@H](CNC(=O)c1nc(C)oc1C)NC(=O)OC(C)(C)C. The van der Waals surface area contributed by atoms with Gasteiger partial charge in [0.15, 0.2) is 11.6 Å². The number of aromatic nitrogens is 1. The summed E-state index contributed by atoms with van der Waals surface area (Å²) in [4.78, 5) is 27.8. The van der Waals surface area contributed by atoms with Crippen LogP contribution >= 0.6 is 0 Å². The normalized spacial score (nSPS) is 12.6. The van der Waals surface area contributed by atoms with E-state index >= 15 is 0 Å². The van der Waals surface area contributed by atoms with Gasteiger partial charge in [0.1, 0.15) is 11.4 Å². The molecular weight excluding hydrogens is 286 g/mol. The van der Waals surface area contributed by atoms with Crippen LogP contribution in [0.2, 0.25) is 0 Å². The van der Waals surface area contributed by atoms with E-state index in [0.717, 1.165) is 0 Å². The van der Waals surface area contributed by atoms with Gasteiger partial charge in [-0.05, 0) is 34.1 Å². The Balaban J connectivity index is 2.52. The molecule has 0 aliphatic carbocycles. The van der Waals surface area contributed by atoms with Crippen LogP contribution in [0.1, 0.15) is 56.3 Å². The summed E-state index contributed by atoms with van der Waals surface area (Å²) in [7, 11) is 0. The van der Waals surface area contributed by atoms with Gasteiger partial charge in [0.25, 0.3) is 5.91 Å². The van der Waals surface area contributed by atoms with Crippen LogP contribution in [0, 0.1) is 13.8 Å². The maximum Gasteiger partial charge on any atom is 0.407 e. The number of hydrogen-bond acceptors (Lipinski definition) is 5. The van der Waals surface area contributed by atoms with Crippen molar-refractivity contribution < 1.29 is 18.7 Å². The molecule has 2 amide bonds. The minimum Gasteiger partial charge on any atom is -0.445 e. The maximum absolute atomic E-state index is 12.0. The number of nitrogens with one attached hydrogen (secondary N) is 2. The first-order valence-electron chi connectivity index (χ1n) is 7.34. The number of carbonyl (C=O) groups excluding carboxylic acids is 2. The van der Waals surface area contributed by atoms with E-state index in [1.54, 1.807) is 34.6 Å². The molecule has 0 radical (unpaired) electrons. The lowest BCUT2D eigenvalue weighted by molar-refractivity contribution is 0.0500. The molecule has 0 aromatic carbocycles. The molecule has 0 saturated heterocycles. The van der Waals surface area contributed by atoms with Crippen molar-refractivity contribution in [2.24, 2.45) is 0 Å². The molecule has 1 rings (SSSR count). The second kappa shape index (κ2) is 7.29. The summed E-state index contributed by atoms with van der Waals surface area (Å²) in [5, 5.41) is 5.47. The highest BCUT2D eigenvalue weighted by molar-refractivity contribution is 5.93. The molecule has 0 spiro atoms. The Morgan fingerprint density at radius 1 is 1.32 bits per heavy atom. The van der Waals surface area contributed by atoms with Crippen molar-refractivity contribution in [2.45, 2.75) is 59.6 Å². The van der Waals surface area contributed by atoms with E-state index in [1.165, 1.54) is 0 Å². The van der Waals surface area contributed by atoms with Gasteiger partial charge in [0, 0.05) is 19.5 Å². The molecule has 7 heteroatoms. The summed E-state index contributed by atoms with van der Waals surface area (Å²) in [6.45, 7) is 11.0. The average molecular weight is 311 g/mol. The van der Waals surface area contributed by atoms with Crippen molar-refractivity contribution >= 4 is 12.0 Å². The zero-order valence-electron chi connectivity index (χ0n) is 14.1. The van der Waals surface area contributed by atoms with Gasteiger partial charge < -0.3 is 19.8 Å². The van der Waals surface area contributed by atoms with Crippen molar-refractivity contribution in [1.82, 2.24) is 15.6 Å². The van der Waals surface area contributed by atoms with Gasteiger partial charge in [-0.2, -0.15) is 0 Å². The van der Waals surface area contributed by atoms with Gasteiger partial charge in [-0.25, -0.2) is 9.78 Å². The number of alkyl carbamates (subject to hydrolysis) is 1. The maximum atomic E-state index is 12.0. The monoisotopic (exact) mass is 311 g/mol. The first kappa shape index (κ1) is 18.0. The lowest BCUT2D eigenvalue weighted by atomic mass is 10.2. The Morgan fingerprint density at radius 2 is 1.95 bits per heavy atom. The number of amides is 2. The fourth-order valence-corrected chi connectivity index (χ4v) is 1.81. The molecule has 7 nitrogen and oxygen atoms in total. The highest BCUT2D eigenvalue weighted by atomic mass is 16.6. The first-order chi connectivity index (χ1) is 10.1. The van der Waals surface area contributed by atoms with Gasteiger partial charge in [-0.15, -0.1) is 0 Å². The number of oxazole rings is 1. The van der Waals surface area contributed by atoms with E-state index in [4.69, 9.17) is 9.15 Å². The number of nitrogens with zero attached hydrogens (tertiary/aromatic N) is 1. The summed E-state index contributed by atoms with van der Waals surface area (Å²) >= 11 is 0. The summed E-state index contributed by atoms with van der Waals surface area (Å²) in [6.07, 6.45) is 0.165. The molecule has 0 fully saturated rings. The number of carbonyl (C=O) groups is 2. The van der Waals surface area contributed by atoms with E-state index in [9.17, 15) is 9.59 Å².